The highest BCUT2D eigenvalue weighted by atomic mass is 35.5. The maximum Gasteiger partial charge on any atom is 0.237 e. The molecule has 2 aliphatic rings. The van der Waals surface area contributed by atoms with Gasteiger partial charge in [-0.05, 0) is 24.0 Å². The number of halogens is 1. The standard InChI is InChI=1S/C16H21N3O2.ClH/c1-19-10-13(6-7-15(19)20)18-16(21)14-8-11-4-2-3-5-12(11)9-17-14;/h2-5,13-14,17H,6-10H2,1H3,(H,18,21);1H. The van der Waals surface area contributed by atoms with Gasteiger partial charge in [0, 0.05) is 32.6 Å². The van der Waals surface area contributed by atoms with E-state index in [4.69, 9.17) is 0 Å². The smallest absolute Gasteiger partial charge is 0.237 e. The number of piperidine rings is 1. The molecule has 2 amide bonds. The Balaban J connectivity index is 0.00000176. The van der Waals surface area contributed by atoms with Gasteiger partial charge < -0.3 is 15.5 Å². The molecule has 0 aromatic heterocycles. The molecular weight excluding hydrogens is 302 g/mol. The summed E-state index contributed by atoms with van der Waals surface area (Å²) >= 11 is 0. The predicted molar refractivity (Wildman–Crippen MR) is 86.8 cm³/mol. The Morgan fingerprint density at radius 3 is 2.77 bits per heavy atom. The molecule has 0 saturated carbocycles. The monoisotopic (exact) mass is 323 g/mol. The lowest BCUT2D eigenvalue weighted by Crippen LogP contribution is -2.54. The van der Waals surface area contributed by atoms with Gasteiger partial charge in [-0.2, -0.15) is 0 Å². The normalized spacial score (nSPS) is 24.2. The summed E-state index contributed by atoms with van der Waals surface area (Å²) in [7, 11) is 1.79. The number of carbonyl (C=O) groups is 2. The van der Waals surface area contributed by atoms with Crippen LogP contribution >= 0.6 is 12.4 Å². The summed E-state index contributed by atoms with van der Waals surface area (Å²) < 4.78 is 0. The van der Waals surface area contributed by atoms with Crippen LogP contribution < -0.4 is 10.6 Å². The second-order valence-electron chi connectivity index (χ2n) is 5.92. The van der Waals surface area contributed by atoms with E-state index in [0.29, 0.717) is 13.0 Å². The molecule has 1 fully saturated rings. The van der Waals surface area contributed by atoms with Crippen molar-refractivity contribution >= 4 is 24.2 Å². The first-order chi connectivity index (χ1) is 10.1. The molecule has 2 unspecified atom stereocenters. The van der Waals surface area contributed by atoms with Crippen molar-refractivity contribution in [3.63, 3.8) is 0 Å². The third kappa shape index (κ3) is 3.59. The molecule has 6 heteroatoms. The molecule has 0 radical (unpaired) electrons. The number of fused-ring (bicyclic) bond motifs is 1. The molecule has 22 heavy (non-hydrogen) atoms. The van der Waals surface area contributed by atoms with Gasteiger partial charge in [0.2, 0.25) is 11.8 Å². The second-order valence-corrected chi connectivity index (χ2v) is 5.92. The zero-order valence-electron chi connectivity index (χ0n) is 12.7. The highest BCUT2D eigenvalue weighted by Crippen LogP contribution is 2.17. The zero-order chi connectivity index (χ0) is 14.8. The van der Waals surface area contributed by atoms with E-state index in [9.17, 15) is 9.59 Å². The van der Waals surface area contributed by atoms with Crippen molar-refractivity contribution in [3.8, 4) is 0 Å². The molecule has 1 saturated heterocycles. The number of amides is 2. The fraction of sp³-hybridized carbons (Fsp3) is 0.500. The molecule has 1 aromatic rings. The Bertz CT molecular complexity index is 564. The van der Waals surface area contributed by atoms with E-state index >= 15 is 0 Å². The van der Waals surface area contributed by atoms with Crippen LogP contribution in [0.4, 0.5) is 0 Å². The number of hydrogen-bond acceptors (Lipinski definition) is 3. The Hall–Kier alpha value is -1.59. The number of nitrogens with one attached hydrogen (secondary N) is 2. The van der Waals surface area contributed by atoms with Gasteiger partial charge in [-0.15, -0.1) is 12.4 Å². The number of carbonyl (C=O) groups excluding carboxylic acids is 2. The van der Waals surface area contributed by atoms with Crippen LogP contribution in [0.2, 0.25) is 0 Å². The van der Waals surface area contributed by atoms with E-state index < -0.39 is 0 Å². The van der Waals surface area contributed by atoms with Gasteiger partial charge in [0.05, 0.1) is 6.04 Å². The van der Waals surface area contributed by atoms with Crippen LogP contribution in [0.15, 0.2) is 24.3 Å². The Kier molecular flexibility index (Phi) is 5.42. The third-order valence-electron chi connectivity index (χ3n) is 4.37. The summed E-state index contributed by atoms with van der Waals surface area (Å²) in [6, 6.07) is 8.11. The van der Waals surface area contributed by atoms with Crippen LogP contribution in [0.1, 0.15) is 24.0 Å². The van der Waals surface area contributed by atoms with Crippen molar-refractivity contribution in [1.29, 1.82) is 0 Å². The van der Waals surface area contributed by atoms with Gasteiger partial charge in [0.1, 0.15) is 0 Å². The van der Waals surface area contributed by atoms with Crippen molar-refractivity contribution in [3.05, 3.63) is 35.4 Å². The summed E-state index contributed by atoms with van der Waals surface area (Å²) in [5.41, 5.74) is 2.51. The van der Waals surface area contributed by atoms with E-state index in [1.54, 1.807) is 11.9 Å². The number of likely N-dealkylation sites (N-methyl/N-ethyl adjacent to an activating group) is 1. The van der Waals surface area contributed by atoms with E-state index in [0.717, 1.165) is 19.4 Å². The molecule has 1 aromatic carbocycles. The lowest BCUT2D eigenvalue weighted by atomic mass is 9.95. The van der Waals surface area contributed by atoms with Crippen LogP contribution in [0.3, 0.4) is 0 Å². The van der Waals surface area contributed by atoms with Gasteiger partial charge in [0.15, 0.2) is 0 Å². The molecule has 0 aliphatic carbocycles. The van der Waals surface area contributed by atoms with Gasteiger partial charge in [-0.3, -0.25) is 9.59 Å². The highest BCUT2D eigenvalue weighted by Gasteiger charge is 2.28. The number of likely N-dealkylation sites (tertiary alicyclic amines) is 1. The van der Waals surface area contributed by atoms with Gasteiger partial charge in [0.25, 0.3) is 0 Å². The van der Waals surface area contributed by atoms with E-state index in [-0.39, 0.29) is 36.3 Å². The molecule has 2 N–H and O–H groups in total. The van der Waals surface area contributed by atoms with E-state index in [1.165, 1.54) is 11.1 Å². The maximum absolute atomic E-state index is 12.4. The number of benzene rings is 1. The van der Waals surface area contributed by atoms with Crippen LogP contribution in [0.25, 0.3) is 0 Å². The molecule has 3 rings (SSSR count). The molecule has 2 aliphatic heterocycles. The predicted octanol–water partition coefficient (Wildman–Crippen LogP) is 0.860. The average molecular weight is 324 g/mol. The van der Waals surface area contributed by atoms with Gasteiger partial charge in [-0.1, -0.05) is 24.3 Å². The molecule has 120 valence electrons. The van der Waals surface area contributed by atoms with Gasteiger partial charge >= 0.3 is 0 Å². The molecule has 2 atom stereocenters. The summed E-state index contributed by atoms with van der Waals surface area (Å²) in [6.45, 7) is 1.34. The Morgan fingerprint density at radius 1 is 1.32 bits per heavy atom. The molecule has 2 heterocycles. The lowest BCUT2D eigenvalue weighted by molar-refractivity contribution is -0.134. The number of hydrogen-bond donors (Lipinski definition) is 2. The minimum atomic E-state index is -0.178. The Morgan fingerprint density at radius 2 is 2.05 bits per heavy atom. The van der Waals surface area contributed by atoms with Crippen molar-refractivity contribution in [2.75, 3.05) is 13.6 Å². The lowest BCUT2D eigenvalue weighted by Gasteiger charge is -2.32. The first kappa shape index (κ1) is 16.8. The summed E-state index contributed by atoms with van der Waals surface area (Å²) in [6.07, 6.45) is 1.98. The van der Waals surface area contributed by atoms with Crippen LogP contribution in [0.5, 0.6) is 0 Å². The zero-order valence-corrected chi connectivity index (χ0v) is 13.5. The van der Waals surface area contributed by atoms with E-state index in [2.05, 4.69) is 22.8 Å². The summed E-state index contributed by atoms with van der Waals surface area (Å²) in [4.78, 5) is 25.5. The van der Waals surface area contributed by atoms with Crippen LogP contribution in [-0.4, -0.2) is 42.4 Å². The summed E-state index contributed by atoms with van der Waals surface area (Å²) in [5, 5.41) is 6.37. The van der Waals surface area contributed by atoms with E-state index in [1.807, 2.05) is 12.1 Å². The topological polar surface area (TPSA) is 61.4 Å². The molecule has 0 spiro atoms. The van der Waals surface area contributed by atoms with Crippen molar-refractivity contribution in [2.45, 2.75) is 37.9 Å². The van der Waals surface area contributed by atoms with Gasteiger partial charge in [-0.25, -0.2) is 0 Å². The largest absolute Gasteiger partial charge is 0.350 e. The number of nitrogens with zero attached hydrogens (tertiary/aromatic N) is 1. The van der Waals surface area contributed by atoms with Crippen molar-refractivity contribution in [1.82, 2.24) is 15.5 Å². The van der Waals surface area contributed by atoms with Crippen molar-refractivity contribution < 1.29 is 9.59 Å². The fourth-order valence-corrected chi connectivity index (χ4v) is 3.07. The third-order valence-corrected chi connectivity index (χ3v) is 4.37. The first-order valence-electron chi connectivity index (χ1n) is 7.48. The SMILES string of the molecule is CN1CC(NC(=O)C2Cc3ccccc3CN2)CCC1=O.Cl. The minimum Gasteiger partial charge on any atom is -0.350 e. The fourth-order valence-electron chi connectivity index (χ4n) is 3.07. The van der Waals surface area contributed by atoms with Crippen molar-refractivity contribution in [2.24, 2.45) is 0 Å². The second kappa shape index (κ2) is 7.11. The molecule has 5 nitrogen and oxygen atoms in total. The average Bonchev–Trinajstić information content (AvgIpc) is 2.50. The maximum atomic E-state index is 12.4. The first-order valence-corrected chi connectivity index (χ1v) is 7.48. The van der Waals surface area contributed by atoms with Crippen LogP contribution in [0, 0.1) is 0 Å². The van der Waals surface area contributed by atoms with Crippen LogP contribution in [-0.2, 0) is 22.6 Å². The quantitative estimate of drug-likeness (QED) is 0.848. The Labute approximate surface area is 136 Å². The highest BCUT2D eigenvalue weighted by molar-refractivity contribution is 5.85. The minimum absolute atomic E-state index is 0. The molecule has 0 bridgehead atoms. The number of rotatable bonds is 2. The summed E-state index contributed by atoms with van der Waals surface area (Å²) in [5.74, 6) is 0.197. The molecular formula is C16H22ClN3O2.